The van der Waals surface area contributed by atoms with Crippen LogP contribution >= 0.6 is 38.5 Å². The largest absolute Gasteiger partial charge is 0.492 e. The van der Waals surface area contributed by atoms with E-state index in [0.717, 1.165) is 14.8 Å². The highest BCUT2D eigenvalue weighted by Gasteiger charge is 2.16. The van der Waals surface area contributed by atoms with Gasteiger partial charge in [-0.25, -0.2) is 0 Å². The van der Waals surface area contributed by atoms with Gasteiger partial charge in [-0.2, -0.15) is 0 Å². The van der Waals surface area contributed by atoms with Crippen molar-refractivity contribution in [2.75, 3.05) is 12.4 Å². The first-order chi connectivity index (χ1) is 13.1. The number of hydrogen-bond acceptors (Lipinski definition) is 3. The van der Waals surface area contributed by atoms with Crippen LogP contribution in [0.25, 0.3) is 0 Å². The topological polar surface area (TPSA) is 47.6 Å². The van der Waals surface area contributed by atoms with Gasteiger partial charge in [-0.15, -0.1) is 0 Å². The quantitative estimate of drug-likeness (QED) is 0.399. The van der Waals surface area contributed by atoms with Crippen LogP contribution in [0.2, 0.25) is 0 Å². The lowest BCUT2D eigenvalue weighted by Crippen LogP contribution is -2.12. The molecule has 0 spiro atoms. The molecule has 0 aliphatic rings. The number of amides is 1. The third-order valence-electron chi connectivity index (χ3n) is 3.82. The summed E-state index contributed by atoms with van der Waals surface area (Å²) in [5, 5.41) is 2.89. The number of halogens is 2. The zero-order chi connectivity index (χ0) is 19.2. The van der Waals surface area contributed by atoms with Crippen molar-refractivity contribution in [2.45, 2.75) is 6.61 Å². The Labute approximate surface area is 180 Å². The van der Waals surface area contributed by atoms with Gasteiger partial charge >= 0.3 is 0 Å². The molecule has 1 N–H and O–H groups in total. The molecular weight excluding hydrogens is 521 g/mol. The van der Waals surface area contributed by atoms with Crippen molar-refractivity contribution >= 4 is 50.1 Å². The number of methoxy groups -OCH3 is 1. The fraction of sp³-hybridized carbons (Fsp3) is 0.0952. The minimum absolute atomic E-state index is 0.218. The second-order valence-corrected chi connectivity index (χ2v) is 7.82. The van der Waals surface area contributed by atoms with E-state index in [1.807, 2.05) is 54.6 Å². The number of carbonyl (C=O) groups excluding carboxylic acids is 1. The summed E-state index contributed by atoms with van der Waals surface area (Å²) in [5.74, 6) is 0.837. The first-order valence-electron chi connectivity index (χ1n) is 8.18. The minimum Gasteiger partial charge on any atom is -0.492 e. The Morgan fingerprint density at radius 2 is 1.78 bits per heavy atom. The molecule has 0 aliphatic heterocycles. The van der Waals surface area contributed by atoms with Crippen LogP contribution in [0.4, 0.5) is 5.69 Å². The third kappa shape index (κ3) is 5.23. The van der Waals surface area contributed by atoms with Crippen molar-refractivity contribution in [3.63, 3.8) is 0 Å². The smallest absolute Gasteiger partial charge is 0.255 e. The number of hydrogen-bond donors (Lipinski definition) is 1. The first-order valence-corrected chi connectivity index (χ1v) is 10.0. The van der Waals surface area contributed by atoms with Gasteiger partial charge in [0.1, 0.15) is 6.61 Å². The maximum Gasteiger partial charge on any atom is 0.255 e. The van der Waals surface area contributed by atoms with Gasteiger partial charge in [0.15, 0.2) is 11.5 Å². The average molecular weight is 538 g/mol. The molecule has 0 saturated heterocycles. The molecule has 27 heavy (non-hydrogen) atoms. The summed E-state index contributed by atoms with van der Waals surface area (Å²) in [6.45, 7) is 0.381. The van der Waals surface area contributed by atoms with E-state index in [9.17, 15) is 4.79 Å². The highest BCUT2D eigenvalue weighted by molar-refractivity contribution is 14.1. The lowest BCUT2D eigenvalue weighted by Gasteiger charge is -2.14. The summed E-state index contributed by atoms with van der Waals surface area (Å²) in [5.41, 5.74) is 2.24. The number of nitrogens with one attached hydrogen (secondary N) is 1. The molecule has 4 nitrogen and oxygen atoms in total. The summed E-state index contributed by atoms with van der Waals surface area (Å²) in [6.07, 6.45) is 0. The molecule has 0 unspecified atom stereocenters. The van der Waals surface area contributed by atoms with Crippen molar-refractivity contribution in [2.24, 2.45) is 0 Å². The molecule has 6 heteroatoms. The van der Waals surface area contributed by atoms with Gasteiger partial charge in [0, 0.05) is 14.8 Å². The highest BCUT2D eigenvalue weighted by Crippen LogP contribution is 2.37. The number of rotatable bonds is 6. The number of anilines is 1. The minimum atomic E-state index is -0.218. The Hall–Kier alpha value is -2.06. The van der Waals surface area contributed by atoms with Gasteiger partial charge in [-0.1, -0.05) is 30.3 Å². The van der Waals surface area contributed by atoms with Gasteiger partial charge in [0.25, 0.3) is 5.91 Å². The van der Waals surface area contributed by atoms with Gasteiger partial charge in [-0.3, -0.25) is 4.79 Å². The second-order valence-electron chi connectivity index (χ2n) is 5.72. The van der Waals surface area contributed by atoms with E-state index in [1.165, 1.54) is 0 Å². The predicted molar refractivity (Wildman–Crippen MR) is 119 cm³/mol. The van der Waals surface area contributed by atoms with Crippen molar-refractivity contribution in [3.8, 4) is 11.5 Å². The SMILES string of the molecule is COc1c(Br)cc(C(=O)Nc2ccc(I)cc2)cc1OCc1ccccc1. The van der Waals surface area contributed by atoms with Crippen molar-refractivity contribution in [3.05, 3.63) is 85.9 Å². The van der Waals surface area contributed by atoms with Gasteiger partial charge in [-0.05, 0) is 80.5 Å². The van der Waals surface area contributed by atoms with Gasteiger partial charge in [0.2, 0.25) is 0 Å². The van der Waals surface area contributed by atoms with E-state index < -0.39 is 0 Å². The fourth-order valence-electron chi connectivity index (χ4n) is 2.48. The summed E-state index contributed by atoms with van der Waals surface area (Å²) in [6, 6.07) is 20.8. The average Bonchev–Trinajstić information content (AvgIpc) is 2.68. The van der Waals surface area contributed by atoms with E-state index in [2.05, 4.69) is 43.8 Å². The molecule has 0 aliphatic carbocycles. The van der Waals surface area contributed by atoms with Crippen molar-refractivity contribution in [1.82, 2.24) is 0 Å². The summed E-state index contributed by atoms with van der Waals surface area (Å²) >= 11 is 5.68. The monoisotopic (exact) mass is 537 g/mol. The summed E-state index contributed by atoms with van der Waals surface area (Å²) in [4.78, 5) is 12.6. The zero-order valence-corrected chi connectivity index (χ0v) is 18.3. The predicted octanol–water partition coefficient (Wildman–Crippen LogP) is 5.89. The highest BCUT2D eigenvalue weighted by atomic mass is 127. The Kier molecular flexibility index (Phi) is 6.73. The summed E-state index contributed by atoms with van der Waals surface area (Å²) < 4.78 is 13.1. The van der Waals surface area contributed by atoms with E-state index in [1.54, 1.807) is 19.2 Å². The maximum absolute atomic E-state index is 12.6. The molecule has 0 radical (unpaired) electrons. The van der Waals surface area contributed by atoms with Gasteiger partial charge in [0.05, 0.1) is 11.6 Å². The molecule has 0 fully saturated rings. The summed E-state index contributed by atoms with van der Waals surface area (Å²) in [7, 11) is 1.57. The van der Waals surface area contributed by atoms with Crippen LogP contribution in [0.5, 0.6) is 11.5 Å². The molecule has 3 rings (SSSR count). The Bertz CT molecular complexity index is 930. The molecular formula is C21H17BrINO3. The van der Waals surface area contributed by atoms with Crippen LogP contribution in [-0.2, 0) is 6.61 Å². The van der Waals surface area contributed by atoms with Crippen LogP contribution < -0.4 is 14.8 Å². The Balaban J connectivity index is 1.82. The molecule has 0 aromatic heterocycles. The number of carbonyl (C=O) groups is 1. The van der Waals surface area contributed by atoms with Crippen LogP contribution in [0.3, 0.4) is 0 Å². The third-order valence-corrected chi connectivity index (χ3v) is 5.12. The number of benzene rings is 3. The molecule has 3 aromatic rings. The van der Waals surface area contributed by atoms with Crippen molar-refractivity contribution in [1.29, 1.82) is 0 Å². The fourth-order valence-corrected chi connectivity index (χ4v) is 3.44. The number of ether oxygens (including phenoxy) is 2. The Morgan fingerprint density at radius 3 is 2.44 bits per heavy atom. The van der Waals surface area contributed by atoms with E-state index >= 15 is 0 Å². The van der Waals surface area contributed by atoms with Gasteiger partial charge < -0.3 is 14.8 Å². The van der Waals surface area contributed by atoms with Crippen LogP contribution in [-0.4, -0.2) is 13.0 Å². The molecule has 1 amide bonds. The first kappa shape index (κ1) is 19.7. The maximum atomic E-state index is 12.6. The second kappa shape index (κ2) is 9.23. The van der Waals surface area contributed by atoms with E-state index in [0.29, 0.717) is 28.1 Å². The Morgan fingerprint density at radius 1 is 1.07 bits per heavy atom. The standard InChI is InChI=1S/C21H17BrINO3/c1-26-20-18(22)11-15(21(25)24-17-9-7-16(23)8-10-17)12-19(20)27-13-14-5-3-2-4-6-14/h2-12H,13H2,1H3,(H,24,25). The lowest BCUT2D eigenvalue weighted by molar-refractivity contribution is 0.102. The lowest BCUT2D eigenvalue weighted by atomic mass is 10.1. The van der Waals surface area contributed by atoms with Crippen molar-refractivity contribution < 1.29 is 14.3 Å². The van der Waals surface area contributed by atoms with Crippen LogP contribution in [0, 0.1) is 3.57 Å². The van der Waals surface area contributed by atoms with E-state index in [-0.39, 0.29) is 5.91 Å². The van der Waals surface area contributed by atoms with E-state index in [4.69, 9.17) is 9.47 Å². The molecule has 138 valence electrons. The zero-order valence-electron chi connectivity index (χ0n) is 14.5. The molecule has 3 aromatic carbocycles. The van der Waals surface area contributed by atoms with Crippen LogP contribution in [0.15, 0.2) is 71.2 Å². The van der Waals surface area contributed by atoms with Crippen LogP contribution in [0.1, 0.15) is 15.9 Å². The normalized spacial score (nSPS) is 10.3. The molecule has 0 bridgehead atoms. The molecule has 0 atom stereocenters. The molecule has 0 saturated carbocycles. The molecule has 0 heterocycles.